The Kier molecular flexibility index (Phi) is 5.77. The van der Waals surface area contributed by atoms with Crippen LogP contribution in [0.3, 0.4) is 0 Å². The number of piperidine rings is 1. The highest BCUT2D eigenvalue weighted by Gasteiger charge is 2.30. The number of hydrogen-bond acceptors (Lipinski definition) is 3. The van der Waals surface area contributed by atoms with Gasteiger partial charge < -0.3 is 10.4 Å². The molecule has 0 aromatic heterocycles. The number of carboxylic acid groups (broad SMARTS) is 1. The van der Waals surface area contributed by atoms with Crippen molar-refractivity contribution >= 4 is 5.97 Å². The Bertz CT molecular complexity index is 215. The summed E-state index contributed by atoms with van der Waals surface area (Å²) in [6.45, 7) is 6.97. The summed E-state index contributed by atoms with van der Waals surface area (Å²) in [5.74, 6) is -0.665. The van der Waals surface area contributed by atoms with E-state index in [-0.39, 0.29) is 6.04 Å². The smallest absolute Gasteiger partial charge is 0.320 e. The number of aliphatic carboxylic acids is 1. The molecule has 1 rings (SSSR count). The Morgan fingerprint density at radius 3 is 2.50 bits per heavy atom. The molecule has 0 aromatic rings. The first kappa shape index (κ1) is 13.5. The molecule has 0 radical (unpaired) electrons. The second kappa shape index (κ2) is 6.86. The molecular weight excluding hydrogens is 204 g/mol. The Morgan fingerprint density at radius 1 is 1.44 bits per heavy atom. The van der Waals surface area contributed by atoms with Crippen molar-refractivity contribution in [3.05, 3.63) is 0 Å². The highest BCUT2D eigenvalue weighted by Crippen LogP contribution is 2.18. The van der Waals surface area contributed by atoms with Crippen LogP contribution in [-0.2, 0) is 4.79 Å². The lowest BCUT2D eigenvalue weighted by Gasteiger charge is -2.37. The van der Waals surface area contributed by atoms with Crippen LogP contribution in [0.2, 0.25) is 0 Å². The maximum Gasteiger partial charge on any atom is 0.320 e. The zero-order valence-corrected chi connectivity index (χ0v) is 10.4. The van der Waals surface area contributed by atoms with Gasteiger partial charge in [-0.1, -0.05) is 20.3 Å². The van der Waals surface area contributed by atoms with Crippen LogP contribution in [0.1, 0.15) is 39.5 Å². The van der Waals surface area contributed by atoms with E-state index in [1.165, 1.54) is 0 Å². The van der Waals surface area contributed by atoms with Crippen LogP contribution in [0.15, 0.2) is 0 Å². The zero-order chi connectivity index (χ0) is 12.0. The van der Waals surface area contributed by atoms with E-state index < -0.39 is 5.97 Å². The van der Waals surface area contributed by atoms with Crippen molar-refractivity contribution in [2.45, 2.75) is 51.6 Å². The minimum absolute atomic E-state index is 0.293. The topological polar surface area (TPSA) is 52.6 Å². The third-order valence-corrected chi connectivity index (χ3v) is 3.39. The average Bonchev–Trinajstić information content (AvgIpc) is 2.30. The van der Waals surface area contributed by atoms with Gasteiger partial charge in [-0.25, -0.2) is 0 Å². The molecule has 0 amide bonds. The van der Waals surface area contributed by atoms with Crippen molar-refractivity contribution in [1.82, 2.24) is 10.2 Å². The summed E-state index contributed by atoms with van der Waals surface area (Å²) in [5, 5.41) is 12.6. The van der Waals surface area contributed by atoms with Gasteiger partial charge in [-0.05, 0) is 38.9 Å². The molecule has 2 N–H and O–H groups in total. The Morgan fingerprint density at radius 2 is 2.06 bits per heavy atom. The molecular formula is C12H24N2O2. The molecule has 1 saturated heterocycles. The monoisotopic (exact) mass is 228 g/mol. The minimum Gasteiger partial charge on any atom is -0.480 e. The summed E-state index contributed by atoms with van der Waals surface area (Å²) in [6.07, 6.45) is 3.83. The third kappa shape index (κ3) is 3.46. The second-order valence-corrected chi connectivity index (χ2v) is 4.45. The first-order valence-electron chi connectivity index (χ1n) is 6.40. The van der Waals surface area contributed by atoms with Gasteiger partial charge in [0, 0.05) is 6.04 Å². The zero-order valence-electron chi connectivity index (χ0n) is 10.4. The van der Waals surface area contributed by atoms with Gasteiger partial charge in [-0.3, -0.25) is 9.69 Å². The van der Waals surface area contributed by atoms with Crippen LogP contribution in [0.4, 0.5) is 0 Å². The van der Waals surface area contributed by atoms with Crippen LogP contribution in [0.5, 0.6) is 0 Å². The number of nitrogens with one attached hydrogen (secondary N) is 1. The fourth-order valence-electron chi connectivity index (χ4n) is 2.58. The average molecular weight is 228 g/mol. The van der Waals surface area contributed by atoms with Crippen molar-refractivity contribution < 1.29 is 9.90 Å². The van der Waals surface area contributed by atoms with E-state index in [9.17, 15) is 9.90 Å². The number of likely N-dealkylation sites (N-methyl/N-ethyl adjacent to an activating group) is 1. The van der Waals surface area contributed by atoms with Gasteiger partial charge in [0.2, 0.25) is 0 Å². The largest absolute Gasteiger partial charge is 0.480 e. The van der Waals surface area contributed by atoms with E-state index in [4.69, 9.17) is 0 Å². The van der Waals surface area contributed by atoms with Crippen molar-refractivity contribution in [3.63, 3.8) is 0 Å². The van der Waals surface area contributed by atoms with Crippen LogP contribution < -0.4 is 5.32 Å². The fraction of sp³-hybridized carbons (Fsp3) is 0.917. The van der Waals surface area contributed by atoms with E-state index in [1.54, 1.807) is 0 Å². The predicted octanol–water partition coefficient (Wildman–Crippen LogP) is 1.31. The molecule has 0 aromatic carbocycles. The maximum absolute atomic E-state index is 11.3. The van der Waals surface area contributed by atoms with E-state index >= 15 is 0 Å². The number of hydrogen-bond donors (Lipinski definition) is 2. The lowest BCUT2D eigenvalue weighted by Crippen LogP contribution is -2.50. The molecule has 4 nitrogen and oxygen atoms in total. The molecule has 1 aliphatic heterocycles. The minimum atomic E-state index is -0.665. The predicted molar refractivity (Wildman–Crippen MR) is 64.6 cm³/mol. The normalized spacial score (nSPS) is 19.9. The van der Waals surface area contributed by atoms with Gasteiger partial charge in [0.05, 0.1) is 0 Å². The molecule has 0 bridgehead atoms. The number of carbonyl (C=O) groups is 1. The van der Waals surface area contributed by atoms with Gasteiger partial charge in [-0.15, -0.1) is 0 Å². The summed E-state index contributed by atoms with van der Waals surface area (Å²) < 4.78 is 0. The molecule has 1 aliphatic rings. The van der Waals surface area contributed by atoms with Crippen molar-refractivity contribution in [2.75, 3.05) is 19.6 Å². The van der Waals surface area contributed by atoms with Crippen molar-refractivity contribution in [1.29, 1.82) is 0 Å². The standard InChI is InChI=1S/C12H24N2O2/c1-3-5-11(12(15)16)14(4-2)10-6-8-13-9-7-10/h10-11,13H,3-9H2,1-2H3,(H,15,16). The maximum atomic E-state index is 11.3. The molecule has 0 spiro atoms. The molecule has 1 fully saturated rings. The van der Waals surface area contributed by atoms with Gasteiger partial charge in [0.25, 0.3) is 0 Å². The first-order chi connectivity index (χ1) is 7.70. The quantitative estimate of drug-likeness (QED) is 0.720. The molecule has 1 atom stereocenters. The SMILES string of the molecule is CCCC(C(=O)O)N(CC)C1CCNCC1. The van der Waals surface area contributed by atoms with Gasteiger partial charge >= 0.3 is 5.97 Å². The van der Waals surface area contributed by atoms with E-state index in [1.807, 2.05) is 6.92 Å². The summed E-state index contributed by atoms with van der Waals surface area (Å²) in [4.78, 5) is 13.4. The number of rotatable bonds is 6. The molecule has 94 valence electrons. The lowest BCUT2D eigenvalue weighted by atomic mass is 10.0. The molecule has 4 heteroatoms. The van der Waals surface area contributed by atoms with E-state index in [0.29, 0.717) is 6.04 Å². The van der Waals surface area contributed by atoms with Gasteiger partial charge in [0.15, 0.2) is 0 Å². The van der Waals surface area contributed by atoms with Crippen LogP contribution in [0.25, 0.3) is 0 Å². The number of nitrogens with zero attached hydrogens (tertiary/aromatic N) is 1. The highest BCUT2D eigenvalue weighted by molar-refractivity contribution is 5.73. The Labute approximate surface area is 98.0 Å². The van der Waals surface area contributed by atoms with Crippen LogP contribution in [0, 0.1) is 0 Å². The van der Waals surface area contributed by atoms with Crippen LogP contribution in [-0.4, -0.2) is 47.7 Å². The van der Waals surface area contributed by atoms with Crippen molar-refractivity contribution in [2.24, 2.45) is 0 Å². The Balaban J connectivity index is 2.64. The Hall–Kier alpha value is -0.610. The van der Waals surface area contributed by atoms with Crippen molar-refractivity contribution in [3.8, 4) is 0 Å². The molecule has 0 saturated carbocycles. The number of carboxylic acids is 1. The fourth-order valence-corrected chi connectivity index (χ4v) is 2.58. The molecule has 1 heterocycles. The lowest BCUT2D eigenvalue weighted by molar-refractivity contribution is -0.144. The summed E-state index contributed by atoms with van der Waals surface area (Å²) >= 11 is 0. The molecule has 16 heavy (non-hydrogen) atoms. The van der Waals surface area contributed by atoms with Gasteiger partial charge in [-0.2, -0.15) is 0 Å². The third-order valence-electron chi connectivity index (χ3n) is 3.39. The van der Waals surface area contributed by atoms with E-state index in [2.05, 4.69) is 17.1 Å². The van der Waals surface area contributed by atoms with E-state index in [0.717, 1.165) is 45.3 Å². The molecule has 1 unspecified atom stereocenters. The second-order valence-electron chi connectivity index (χ2n) is 4.45. The summed E-state index contributed by atoms with van der Waals surface area (Å²) in [6, 6.07) is 0.150. The summed E-state index contributed by atoms with van der Waals surface area (Å²) in [7, 11) is 0. The summed E-state index contributed by atoms with van der Waals surface area (Å²) in [5.41, 5.74) is 0. The molecule has 0 aliphatic carbocycles. The highest BCUT2D eigenvalue weighted by atomic mass is 16.4. The first-order valence-corrected chi connectivity index (χ1v) is 6.40. The van der Waals surface area contributed by atoms with Gasteiger partial charge in [0.1, 0.15) is 6.04 Å². The van der Waals surface area contributed by atoms with Crippen LogP contribution >= 0.6 is 0 Å².